The summed E-state index contributed by atoms with van der Waals surface area (Å²) in [6, 6.07) is 8.41. The molecule has 1 aromatic carbocycles. The molecule has 0 heterocycles. The first kappa shape index (κ1) is 14.8. The number of hydrogen-bond donors (Lipinski definition) is 1. The number of hydrogen-bond acceptors (Lipinski definition) is 2. The van der Waals surface area contributed by atoms with Crippen molar-refractivity contribution in [3.8, 4) is 0 Å². The zero-order chi connectivity index (χ0) is 14.0. The Labute approximate surface area is 121 Å². The molecule has 2 N–H and O–H groups in total. The molecular weight excluding hydrogens is 256 g/mol. The molecule has 2 nitrogen and oxygen atoms in total. The summed E-state index contributed by atoms with van der Waals surface area (Å²) in [5.41, 5.74) is 7.44. The van der Waals surface area contributed by atoms with Crippen molar-refractivity contribution in [1.29, 1.82) is 0 Å². The molecule has 0 aliphatic heterocycles. The van der Waals surface area contributed by atoms with Crippen LogP contribution in [0.5, 0.6) is 0 Å². The van der Waals surface area contributed by atoms with E-state index in [1.807, 2.05) is 12.1 Å². The molecule has 0 radical (unpaired) electrons. The standard InChI is InChI=1S/C16H25ClN2/c1-12-8-9-16(10-12,11-18)19(3)13(2)14-6-4-5-7-15(14)17/h4-7,12-13H,8-11,18H2,1-3H3. The Bertz CT molecular complexity index is 435. The Morgan fingerprint density at radius 3 is 2.68 bits per heavy atom. The van der Waals surface area contributed by atoms with Crippen LogP contribution in [0.2, 0.25) is 5.02 Å². The lowest BCUT2D eigenvalue weighted by atomic mass is 9.91. The van der Waals surface area contributed by atoms with Crippen LogP contribution in [0.3, 0.4) is 0 Å². The van der Waals surface area contributed by atoms with Crippen molar-refractivity contribution in [2.45, 2.75) is 44.7 Å². The fraction of sp³-hybridized carbons (Fsp3) is 0.625. The number of likely N-dealkylation sites (N-methyl/N-ethyl adjacent to an activating group) is 1. The highest BCUT2D eigenvalue weighted by Gasteiger charge is 2.41. The molecule has 3 heteroatoms. The average molecular weight is 281 g/mol. The first-order valence-electron chi connectivity index (χ1n) is 7.17. The first-order chi connectivity index (χ1) is 9.00. The Morgan fingerprint density at radius 2 is 2.16 bits per heavy atom. The number of nitrogens with zero attached hydrogens (tertiary/aromatic N) is 1. The van der Waals surface area contributed by atoms with Gasteiger partial charge in [0.1, 0.15) is 0 Å². The van der Waals surface area contributed by atoms with Crippen LogP contribution in [-0.4, -0.2) is 24.0 Å². The van der Waals surface area contributed by atoms with E-state index in [4.69, 9.17) is 17.3 Å². The average Bonchev–Trinajstić information content (AvgIpc) is 2.80. The Balaban J connectivity index is 2.23. The van der Waals surface area contributed by atoms with Gasteiger partial charge < -0.3 is 5.73 Å². The van der Waals surface area contributed by atoms with Crippen LogP contribution >= 0.6 is 11.6 Å². The largest absolute Gasteiger partial charge is 0.329 e. The molecule has 0 spiro atoms. The first-order valence-corrected chi connectivity index (χ1v) is 7.55. The molecule has 19 heavy (non-hydrogen) atoms. The molecular formula is C16H25ClN2. The van der Waals surface area contributed by atoms with Crippen molar-refractivity contribution in [2.24, 2.45) is 11.7 Å². The van der Waals surface area contributed by atoms with E-state index in [1.54, 1.807) is 0 Å². The quantitative estimate of drug-likeness (QED) is 0.908. The second-order valence-electron chi connectivity index (χ2n) is 6.08. The van der Waals surface area contributed by atoms with Gasteiger partial charge in [0.2, 0.25) is 0 Å². The van der Waals surface area contributed by atoms with E-state index in [-0.39, 0.29) is 5.54 Å². The van der Waals surface area contributed by atoms with E-state index in [2.05, 4.69) is 37.9 Å². The summed E-state index contributed by atoms with van der Waals surface area (Å²) in [5, 5.41) is 0.847. The smallest absolute Gasteiger partial charge is 0.0453 e. The van der Waals surface area contributed by atoms with E-state index < -0.39 is 0 Å². The predicted octanol–water partition coefficient (Wildman–Crippen LogP) is 3.85. The Morgan fingerprint density at radius 1 is 1.47 bits per heavy atom. The normalized spacial score (nSPS) is 28.8. The number of rotatable bonds is 4. The minimum atomic E-state index is 0.137. The predicted molar refractivity (Wildman–Crippen MR) is 82.4 cm³/mol. The van der Waals surface area contributed by atoms with Crippen LogP contribution in [0.25, 0.3) is 0 Å². The summed E-state index contributed by atoms with van der Waals surface area (Å²) < 4.78 is 0. The van der Waals surface area contributed by atoms with Crippen LogP contribution in [0.1, 0.15) is 44.7 Å². The van der Waals surface area contributed by atoms with Crippen molar-refractivity contribution in [3.63, 3.8) is 0 Å². The molecule has 106 valence electrons. The van der Waals surface area contributed by atoms with E-state index in [0.29, 0.717) is 6.04 Å². The zero-order valence-electron chi connectivity index (χ0n) is 12.2. The highest BCUT2D eigenvalue weighted by Crippen LogP contribution is 2.41. The Hall–Kier alpha value is -0.570. The van der Waals surface area contributed by atoms with Crippen molar-refractivity contribution in [3.05, 3.63) is 34.9 Å². The van der Waals surface area contributed by atoms with E-state index in [0.717, 1.165) is 17.5 Å². The van der Waals surface area contributed by atoms with Gasteiger partial charge in [-0.1, -0.05) is 36.7 Å². The molecule has 3 unspecified atom stereocenters. The maximum atomic E-state index is 6.33. The van der Waals surface area contributed by atoms with Crippen molar-refractivity contribution >= 4 is 11.6 Å². The molecule has 3 atom stereocenters. The fourth-order valence-electron chi connectivity index (χ4n) is 3.45. The van der Waals surface area contributed by atoms with Gasteiger partial charge >= 0.3 is 0 Å². The molecule has 2 rings (SSSR count). The molecule has 0 saturated heterocycles. The third-order valence-electron chi connectivity index (χ3n) is 4.90. The highest BCUT2D eigenvalue weighted by atomic mass is 35.5. The molecule has 1 aromatic rings. The number of nitrogens with two attached hydrogens (primary N) is 1. The molecule has 1 fully saturated rings. The Kier molecular flexibility index (Phi) is 4.54. The fourth-order valence-corrected chi connectivity index (χ4v) is 3.74. The van der Waals surface area contributed by atoms with Crippen LogP contribution in [0.15, 0.2) is 24.3 Å². The molecule has 1 aliphatic rings. The van der Waals surface area contributed by atoms with Gasteiger partial charge in [-0.3, -0.25) is 4.90 Å². The van der Waals surface area contributed by atoms with Crippen LogP contribution in [0.4, 0.5) is 0 Å². The SMILES string of the molecule is CC1CCC(CN)(N(C)C(C)c2ccccc2Cl)C1. The minimum Gasteiger partial charge on any atom is -0.329 e. The third-order valence-corrected chi connectivity index (χ3v) is 5.24. The van der Waals surface area contributed by atoms with Crippen molar-refractivity contribution in [2.75, 3.05) is 13.6 Å². The van der Waals surface area contributed by atoms with Gasteiger partial charge in [0.05, 0.1) is 0 Å². The summed E-state index contributed by atoms with van der Waals surface area (Å²) in [4.78, 5) is 2.44. The van der Waals surface area contributed by atoms with Gasteiger partial charge in [0, 0.05) is 23.1 Å². The number of halogens is 1. The van der Waals surface area contributed by atoms with Crippen LogP contribution in [-0.2, 0) is 0 Å². The summed E-state index contributed by atoms with van der Waals surface area (Å²) in [6.45, 7) is 5.27. The number of benzene rings is 1. The van der Waals surface area contributed by atoms with Crippen molar-refractivity contribution in [1.82, 2.24) is 4.90 Å². The summed E-state index contributed by atoms with van der Waals surface area (Å²) in [6.07, 6.45) is 3.65. The minimum absolute atomic E-state index is 0.137. The van der Waals surface area contributed by atoms with Gasteiger partial charge in [-0.2, -0.15) is 0 Å². The second kappa shape index (κ2) is 5.82. The molecule has 1 aliphatic carbocycles. The monoisotopic (exact) mass is 280 g/mol. The maximum Gasteiger partial charge on any atom is 0.0453 e. The lowest BCUT2D eigenvalue weighted by molar-refractivity contribution is 0.0864. The summed E-state index contributed by atoms with van der Waals surface area (Å²) in [7, 11) is 2.19. The van der Waals surface area contributed by atoms with Crippen LogP contribution in [0, 0.1) is 5.92 Å². The summed E-state index contributed by atoms with van der Waals surface area (Å²) in [5.74, 6) is 0.768. The topological polar surface area (TPSA) is 29.3 Å². The summed E-state index contributed by atoms with van der Waals surface area (Å²) >= 11 is 6.33. The van der Waals surface area contributed by atoms with Crippen LogP contribution < -0.4 is 5.73 Å². The van der Waals surface area contributed by atoms with E-state index in [1.165, 1.54) is 24.8 Å². The van der Waals surface area contributed by atoms with Gasteiger partial charge in [0.15, 0.2) is 0 Å². The van der Waals surface area contributed by atoms with Gasteiger partial charge in [-0.15, -0.1) is 0 Å². The lowest BCUT2D eigenvalue weighted by Crippen LogP contribution is -2.51. The highest BCUT2D eigenvalue weighted by molar-refractivity contribution is 6.31. The van der Waals surface area contributed by atoms with Gasteiger partial charge in [0.25, 0.3) is 0 Å². The van der Waals surface area contributed by atoms with Gasteiger partial charge in [-0.05, 0) is 50.8 Å². The molecule has 0 amide bonds. The maximum absolute atomic E-state index is 6.33. The third kappa shape index (κ3) is 2.81. The molecule has 1 saturated carbocycles. The van der Waals surface area contributed by atoms with E-state index in [9.17, 15) is 0 Å². The van der Waals surface area contributed by atoms with Crippen molar-refractivity contribution < 1.29 is 0 Å². The lowest BCUT2D eigenvalue weighted by Gasteiger charge is -2.42. The van der Waals surface area contributed by atoms with E-state index >= 15 is 0 Å². The molecule has 0 bridgehead atoms. The molecule has 0 aromatic heterocycles. The van der Waals surface area contributed by atoms with Gasteiger partial charge in [-0.25, -0.2) is 0 Å². The zero-order valence-corrected chi connectivity index (χ0v) is 13.0. The second-order valence-corrected chi connectivity index (χ2v) is 6.49.